The van der Waals surface area contributed by atoms with Crippen LogP contribution in [0.3, 0.4) is 0 Å². The fourth-order valence-electron chi connectivity index (χ4n) is 1.85. The molecule has 0 radical (unpaired) electrons. The molecule has 0 atom stereocenters. The molecule has 5 nitrogen and oxygen atoms in total. The number of rotatable bonds is 5. The molecular formula is C13H15N5S. The lowest BCUT2D eigenvalue weighted by atomic mass is 10.3. The molecule has 0 spiro atoms. The van der Waals surface area contributed by atoms with Crippen molar-refractivity contribution >= 4 is 22.8 Å². The van der Waals surface area contributed by atoms with E-state index in [-0.39, 0.29) is 0 Å². The predicted molar refractivity (Wildman–Crippen MR) is 77.5 cm³/mol. The molecular weight excluding hydrogens is 258 g/mol. The van der Waals surface area contributed by atoms with E-state index < -0.39 is 0 Å². The van der Waals surface area contributed by atoms with Crippen molar-refractivity contribution in [1.82, 2.24) is 19.8 Å². The molecule has 0 unspecified atom stereocenters. The molecule has 0 amide bonds. The standard InChI is InChI=1S/C13H15N5S/c1-2-3-7-14-11-4-5-12-15-16-13(18(12)17-11)10-6-8-19-9-10/h4-6,8-9H,2-3,7H2,1H3,(H,14,17). The Morgan fingerprint density at radius 3 is 3.00 bits per heavy atom. The van der Waals surface area contributed by atoms with Crippen molar-refractivity contribution in [2.75, 3.05) is 11.9 Å². The minimum Gasteiger partial charge on any atom is -0.369 e. The summed E-state index contributed by atoms with van der Waals surface area (Å²) >= 11 is 1.64. The van der Waals surface area contributed by atoms with Crippen LogP contribution in [0.25, 0.3) is 17.0 Å². The van der Waals surface area contributed by atoms with Crippen LogP contribution in [0.4, 0.5) is 5.82 Å². The summed E-state index contributed by atoms with van der Waals surface area (Å²) < 4.78 is 1.79. The Bertz CT molecular complexity index is 659. The Labute approximate surface area is 115 Å². The van der Waals surface area contributed by atoms with Gasteiger partial charge in [0, 0.05) is 17.5 Å². The summed E-state index contributed by atoms with van der Waals surface area (Å²) in [4.78, 5) is 0. The quantitative estimate of drug-likeness (QED) is 0.726. The second-order valence-electron chi connectivity index (χ2n) is 4.30. The SMILES string of the molecule is CCCCNc1ccc2nnc(-c3ccsc3)n2n1. The number of nitrogens with one attached hydrogen (secondary N) is 1. The summed E-state index contributed by atoms with van der Waals surface area (Å²) in [7, 11) is 0. The van der Waals surface area contributed by atoms with Gasteiger partial charge in [-0.2, -0.15) is 15.9 Å². The van der Waals surface area contributed by atoms with Crippen LogP contribution in [0.15, 0.2) is 29.0 Å². The van der Waals surface area contributed by atoms with Gasteiger partial charge < -0.3 is 5.32 Å². The third-order valence-corrected chi connectivity index (χ3v) is 3.56. The van der Waals surface area contributed by atoms with Gasteiger partial charge in [0.2, 0.25) is 0 Å². The first-order valence-corrected chi connectivity index (χ1v) is 7.31. The highest BCUT2D eigenvalue weighted by atomic mass is 32.1. The molecule has 0 aromatic carbocycles. The van der Waals surface area contributed by atoms with Crippen molar-refractivity contribution in [3.05, 3.63) is 29.0 Å². The highest BCUT2D eigenvalue weighted by Crippen LogP contribution is 2.20. The molecule has 3 rings (SSSR count). The van der Waals surface area contributed by atoms with Crippen molar-refractivity contribution in [3.8, 4) is 11.4 Å². The maximum absolute atomic E-state index is 4.55. The summed E-state index contributed by atoms with van der Waals surface area (Å²) in [6.07, 6.45) is 2.31. The average Bonchev–Trinajstić information content (AvgIpc) is 3.07. The number of aromatic nitrogens is 4. The summed E-state index contributed by atoms with van der Waals surface area (Å²) in [6, 6.07) is 5.90. The fraction of sp³-hybridized carbons (Fsp3) is 0.308. The van der Waals surface area contributed by atoms with Crippen LogP contribution in [0, 0.1) is 0 Å². The molecule has 3 aromatic rings. The molecule has 0 fully saturated rings. The Hall–Kier alpha value is -1.95. The molecule has 0 bridgehead atoms. The van der Waals surface area contributed by atoms with Crippen LogP contribution in [0.5, 0.6) is 0 Å². The lowest BCUT2D eigenvalue weighted by Gasteiger charge is -2.04. The topological polar surface area (TPSA) is 55.1 Å². The molecule has 0 saturated carbocycles. The van der Waals surface area contributed by atoms with E-state index in [4.69, 9.17) is 0 Å². The van der Waals surface area contributed by atoms with E-state index in [0.29, 0.717) is 0 Å². The predicted octanol–water partition coefficient (Wildman–Crippen LogP) is 3.06. The van der Waals surface area contributed by atoms with Gasteiger partial charge in [-0.1, -0.05) is 13.3 Å². The zero-order chi connectivity index (χ0) is 13.1. The molecule has 19 heavy (non-hydrogen) atoms. The number of nitrogens with zero attached hydrogens (tertiary/aromatic N) is 4. The van der Waals surface area contributed by atoms with E-state index >= 15 is 0 Å². The van der Waals surface area contributed by atoms with E-state index in [1.54, 1.807) is 15.9 Å². The first-order chi connectivity index (χ1) is 9.38. The molecule has 0 aliphatic heterocycles. The van der Waals surface area contributed by atoms with Gasteiger partial charge in [0.15, 0.2) is 11.5 Å². The van der Waals surface area contributed by atoms with E-state index in [9.17, 15) is 0 Å². The number of hydrogen-bond donors (Lipinski definition) is 1. The van der Waals surface area contributed by atoms with Crippen LogP contribution < -0.4 is 5.32 Å². The van der Waals surface area contributed by atoms with Gasteiger partial charge >= 0.3 is 0 Å². The van der Waals surface area contributed by atoms with E-state index in [1.807, 2.05) is 23.6 Å². The fourth-order valence-corrected chi connectivity index (χ4v) is 2.48. The third kappa shape index (κ3) is 2.44. The summed E-state index contributed by atoms with van der Waals surface area (Å²) in [5.74, 6) is 1.65. The van der Waals surface area contributed by atoms with Crippen LogP contribution in [-0.2, 0) is 0 Å². The zero-order valence-corrected chi connectivity index (χ0v) is 11.5. The molecule has 3 aromatic heterocycles. The lowest BCUT2D eigenvalue weighted by molar-refractivity contribution is 0.823. The highest BCUT2D eigenvalue weighted by molar-refractivity contribution is 7.08. The molecule has 0 saturated heterocycles. The summed E-state index contributed by atoms with van der Waals surface area (Å²) in [5.41, 5.74) is 1.82. The van der Waals surface area contributed by atoms with Crippen molar-refractivity contribution in [2.24, 2.45) is 0 Å². The van der Waals surface area contributed by atoms with Crippen molar-refractivity contribution < 1.29 is 0 Å². The molecule has 1 N–H and O–H groups in total. The normalized spacial score (nSPS) is 11.0. The maximum Gasteiger partial charge on any atom is 0.186 e. The van der Waals surface area contributed by atoms with Gasteiger partial charge in [-0.25, -0.2) is 0 Å². The van der Waals surface area contributed by atoms with Gasteiger partial charge in [-0.05, 0) is 30.0 Å². The zero-order valence-electron chi connectivity index (χ0n) is 10.7. The summed E-state index contributed by atoms with van der Waals surface area (Å²) in [6.45, 7) is 3.11. The van der Waals surface area contributed by atoms with Crippen LogP contribution >= 0.6 is 11.3 Å². The molecule has 6 heteroatoms. The highest BCUT2D eigenvalue weighted by Gasteiger charge is 2.09. The lowest BCUT2D eigenvalue weighted by Crippen LogP contribution is -2.05. The van der Waals surface area contributed by atoms with E-state index in [1.165, 1.54) is 6.42 Å². The van der Waals surface area contributed by atoms with Gasteiger partial charge in [-0.15, -0.1) is 15.3 Å². The van der Waals surface area contributed by atoms with Crippen LogP contribution in [-0.4, -0.2) is 26.4 Å². The Kier molecular flexibility index (Phi) is 3.41. The largest absolute Gasteiger partial charge is 0.369 e. The van der Waals surface area contributed by atoms with Gasteiger partial charge in [0.25, 0.3) is 0 Å². The maximum atomic E-state index is 4.55. The van der Waals surface area contributed by atoms with Gasteiger partial charge in [0.05, 0.1) is 0 Å². The number of anilines is 1. The Balaban J connectivity index is 1.94. The minimum absolute atomic E-state index is 0.766. The number of thiophene rings is 1. The smallest absolute Gasteiger partial charge is 0.186 e. The first kappa shape index (κ1) is 12.1. The second kappa shape index (κ2) is 5.36. The van der Waals surface area contributed by atoms with Crippen molar-refractivity contribution in [1.29, 1.82) is 0 Å². The molecule has 3 heterocycles. The number of unbranched alkanes of at least 4 members (excludes halogenated alkanes) is 1. The van der Waals surface area contributed by atoms with Crippen LogP contribution in [0.1, 0.15) is 19.8 Å². The monoisotopic (exact) mass is 273 g/mol. The van der Waals surface area contributed by atoms with Crippen LogP contribution in [0.2, 0.25) is 0 Å². The van der Waals surface area contributed by atoms with E-state index in [2.05, 4.69) is 32.9 Å². The van der Waals surface area contributed by atoms with Gasteiger partial charge in [-0.3, -0.25) is 0 Å². The third-order valence-electron chi connectivity index (χ3n) is 2.88. The van der Waals surface area contributed by atoms with Crippen molar-refractivity contribution in [3.63, 3.8) is 0 Å². The number of fused-ring (bicyclic) bond motifs is 1. The number of hydrogen-bond acceptors (Lipinski definition) is 5. The molecule has 98 valence electrons. The van der Waals surface area contributed by atoms with Gasteiger partial charge in [0.1, 0.15) is 5.82 Å². The van der Waals surface area contributed by atoms with E-state index in [0.717, 1.165) is 35.8 Å². The second-order valence-corrected chi connectivity index (χ2v) is 5.08. The average molecular weight is 273 g/mol. The Morgan fingerprint density at radius 2 is 2.21 bits per heavy atom. The first-order valence-electron chi connectivity index (χ1n) is 6.37. The molecule has 0 aliphatic rings. The molecule has 0 aliphatic carbocycles. The minimum atomic E-state index is 0.766. The Morgan fingerprint density at radius 1 is 1.26 bits per heavy atom. The van der Waals surface area contributed by atoms with Crippen molar-refractivity contribution in [2.45, 2.75) is 19.8 Å². The summed E-state index contributed by atoms with van der Waals surface area (Å²) in [5, 5.41) is 20.3.